The van der Waals surface area contributed by atoms with E-state index in [1.807, 2.05) is 0 Å². The molecule has 9 aromatic rings. The van der Waals surface area contributed by atoms with E-state index < -0.39 is 0 Å². The third-order valence-electron chi connectivity index (χ3n) is 16.5. The van der Waals surface area contributed by atoms with Crippen LogP contribution in [0.15, 0.2) is 170 Å². The molecule has 0 aromatic heterocycles. The smallest absolute Gasteiger partial charge is 0.333 e. The molecule has 0 bridgehead atoms. The molecule has 0 saturated heterocycles. The molecule has 0 N–H and O–H groups in total. The van der Waals surface area contributed by atoms with Gasteiger partial charge in [-0.2, -0.15) is 0 Å². The largest absolute Gasteiger partial charge is 0.376 e. The van der Waals surface area contributed by atoms with E-state index in [-0.39, 0.29) is 23.1 Å². The Labute approximate surface area is 369 Å². The summed E-state index contributed by atoms with van der Waals surface area (Å²) in [6, 6.07) is 65.6. The van der Waals surface area contributed by atoms with Crippen molar-refractivity contribution in [1.29, 1.82) is 0 Å². The van der Waals surface area contributed by atoms with Gasteiger partial charge in [0.2, 0.25) is 0 Å². The van der Waals surface area contributed by atoms with Crippen LogP contribution in [-0.2, 0) is 16.2 Å². The van der Waals surface area contributed by atoms with Gasteiger partial charge in [-0.3, -0.25) is 0 Å². The lowest BCUT2D eigenvalue weighted by Gasteiger charge is -2.54. The summed E-state index contributed by atoms with van der Waals surface area (Å²) < 4.78 is 0. The fourth-order valence-electron chi connectivity index (χ4n) is 13.8. The highest BCUT2D eigenvalue weighted by molar-refractivity contribution is 6.94. The highest BCUT2D eigenvalue weighted by Gasteiger charge is 2.57. The molecule has 63 heavy (non-hydrogen) atoms. The summed E-state index contributed by atoms with van der Waals surface area (Å²) in [7, 11) is 0. The number of hydrogen-bond donors (Lipinski definition) is 0. The van der Waals surface area contributed by atoms with Gasteiger partial charge in [-0.15, -0.1) is 0 Å². The van der Waals surface area contributed by atoms with Crippen LogP contribution in [0.25, 0.3) is 55.3 Å². The average Bonchev–Trinajstić information content (AvgIpc) is 3.71. The summed E-state index contributed by atoms with van der Waals surface area (Å²) in [6.45, 7) is 12.3. The zero-order valence-corrected chi connectivity index (χ0v) is 36.1. The van der Waals surface area contributed by atoms with E-state index in [1.165, 1.54) is 134 Å². The van der Waals surface area contributed by atoms with E-state index in [1.54, 1.807) is 0 Å². The summed E-state index contributed by atoms with van der Waals surface area (Å²) in [5.41, 5.74) is 29.2. The van der Waals surface area contributed by atoms with Crippen LogP contribution in [0.5, 0.6) is 0 Å². The van der Waals surface area contributed by atoms with Gasteiger partial charge >= 0.3 is 6.85 Å². The summed E-state index contributed by atoms with van der Waals surface area (Å²) >= 11 is 0. The molecule has 4 aliphatic heterocycles. The van der Waals surface area contributed by atoms with Crippen LogP contribution in [0, 0.1) is 0 Å². The highest BCUT2D eigenvalue weighted by Crippen LogP contribution is 2.67. The number of fused-ring (bicyclic) bond motifs is 16. The topological polar surface area (TPSA) is 6.48 Å². The molecule has 0 fully saturated rings. The van der Waals surface area contributed by atoms with Gasteiger partial charge in [0.25, 0.3) is 0 Å². The molecule has 0 radical (unpaired) electrons. The lowest BCUT2D eigenvalue weighted by Crippen LogP contribution is -2.64. The van der Waals surface area contributed by atoms with Gasteiger partial charge in [-0.25, -0.2) is 0 Å². The first-order valence-corrected chi connectivity index (χ1v) is 22.7. The first-order valence-electron chi connectivity index (χ1n) is 22.7. The molecule has 6 aliphatic rings. The summed E-state index contributed by atoms with van der Waals surface area (Å²) in [6.07, 6.45) is 0. The Hall–Kier alpha value is -7.10. The summed E-state index contributed by atoms with van der Waals surface area (Å²) in [4.78, 5) is 5.53. The van der Waals surface area contributed by atoms with Gasteiger partial charge < -0.3 is 9.71 Å². The van der Waals surface area contributed by atoms with Gasteiger partial charge in [-0.1, -0.05) is 173 Å². The minimum atomic E-state index is -0.385. The predicted octanol–water partition coefficient (Wildman–Crippen LogP) is 13.8. The van der Waals surface area contributed by atoms with Crippen molar-refractivity contribution in [2.75, 3.05) is 9.71 Å². The number of hydrogen-bond acceptors (Lipinski definition) is 2. The number of anilines is 5. The van der Waals surface area contributed by atoms with Gasteiger partial charge in [0, 0.05) is 44.6 Å². The average molecular weight is 803 g/mol. The molecule has 1 unspecified atom stereocenters. The van der Waals surface area contributed by atoms with E-state index in [4.69, 9.17) is 0 Å². The van der Waals surface area contributed by atoms with E-state index in [0.717, 1.165) is 0 Å². The Balaban J connectivity index is 1.17. The molecular formula is C60H43BN2. The van der Waals surface area contributed by atoms with Crippen molar-refractivity contribution in [2.45, 2.75) is 50.9 Å². The lowest BCUT2D eigenvalue weighted by atomic mass is 9.41. The van der Waals surface area contributed by atoms with Crippen LogP contribution in [-0.4, -0.2) is 6.85 Å². The SMILES string of the molecule is CC1(C)c2ccccc2-c2c1cc1c3c2-c2ccc(-c4ccccc4)c4c2N(B3c2cccc3c2N1c1cc2ccccc2cc1C3(C)C)c1cccc2c1C4(C)c1ccccc1-2. The second kappa shape index (κ2) is 11.1. The van der Waals surface area contributed by atoms with Crippen molar-refractivity contribution in [3.63, 3.8) is 0 Å². The minimum Gasteiger partial charge on any atom is -0.376 e. The van der Waals surface area contributed by atoms with Crippen molar-refractivity contribution in [3.05, 3.63) is 209 Å². The molecule has 2 nitrogen and oxygen atoms in total. The molecule has 2 aliphatic carbocycles. The number of benzene rings is 9. The van der Waals surface area contributed by atoms with E-state index in [9.17, 15) is 0 Å². The molecular weight excluding hydrogens is 759 g/mol. The van der Waals surface area contributed by atoms with Crippen molar-refractivity contribution in [2.24, 2.45) is 0 Å². The zero-order valence-electron chi connectivity index (χ0n) is 36.1. The maximum absolute atomic E-state index is 2.82. The van der Waals surface area contributed by atoms with Crippen LogP contribution in [0.4, 0.5) is 28.4 Å². The summed E-state index contributed by atoms with van der Waals surface area (Å²) in [5, 5.41) is 2.56. The quantitative estimate of drug-likeness (QED) is 0.153. The van der Waals surface area contributed by atoms with Gasteiger partial charge in [-0.05, 0) is 131 Å². The number of para-hydroxylation sites is 1. The van der Waals surface area contributed by atoms with Crippen molar-refractivity contribution < 1.29 is 0 Å². The molecule has 4 heterocycles. The fourth-order valence-corrected chi connectivity index (χ4v) is 13.8. The monoisotopic (exact) mass is 802 g/mol. The van der Waals surface area contributed by atoms with Crippen molar-refractivity contribution in [3.8, 4) is 44.5 Å². The Morgan fingerprint density at radius 1 is 0.397 bits per heavy atom. The third-order valence-corrected chi connectivity index (χ3v) is 16.5. The lowest BCUT2D eigenvalue weighted by molar-refractivity contribution is 0.633. The second-order valence-electron chi connectivity index (χ2n) is 20.1. The molecule has 0 saturated carbocycles. The minimum absolute atomic E-state index is 0.0720. The standard InChI is InChI=1S/C60H43BN2/c1-58(2)42-24-13-12-22-40(42)51-46(58)33-50-55-52(51)41-30-29-37(34-17-7-6-8-18-34)54-56(41)63(48-28-15-23-39-38-21-11-14-25-43(38)60(54,5)53(39)48)61(55)47-27-16-26-44-57(47)62(50)49-32-36-20-10-9-19-35(36)31-45(49)59(44,3)4/h6-33H,1-5H3. The number of nitrogens with zero attached hydrogens (tertiary/aromatic N) is 2. The second-order valence-corrected chi connectivity index (χ2v) is 20.1. The normalized spacial score (nSPS) is 18.5. The van der Waals surface area contributed by atoms with Crippen molar-refractivity contribution >= 4 is 57.0 Å². The fraction of sp³-hybridized carbons (Fsp3) is 0.133. The number of rotatable bonds is 1. The summed E-state index contributed by atoms with van der Waals surface area (Å²) in [5.74, 6) is 0. The van der Waals surface area contributed by atoms with Gasteiger partial charge in [0.1, 0.15) is 0 Å². The molecule has 296 valence electrons. The zero-order chi connectivity index (χ0) is 41.9. The Bertz CT molecular complexity index is 3610. The molecule has 15 rings (SSSR count). The van der Waals surface area contributed by atoms with E-state index in [0.29, 0.717) is 0 Å². The molecule has 0 amide bonds. The Morgan fingerprint density at radius 2 is 1.05 bits per heavy atom. The maximum Gasteiger partial charge on any atom is 0.333 e. The van der Waals surface area contributed by atoms with Gasteiger partial charge in [0.05, 0.1) is 5.69 Å². The Kier molecular flexibility index (Phi) is 6.07. The van der Waals surface area contributed by atoms with E-state index in [2.05, 4.69) is 214 Å². The first-order chi connectivity index (χ1) is 30.7. The first kappa shape index (κ1) is 34.5. The van der Waals surface area contributed by atoms with E-state index >= 15 is 0 Å². The van der Waals surface area contributed by atoms with Crippen LogP contribution in [0.3, 0.4) is 0 Å². The third kappa shape index (κ3) is 3.81. The highest BCUT2D eigenvalue weighted by atomic mass is 15.2. The molecule has 1 atom stereocenters. The van der Waals surface area contributed by atoms with Crippen LogP contribution >= 0.6 is 0 Å². The van der Waals surface area contributed by atoms with Crippen LogP contribution < -0.4 is 20.6 Å². The molecule has 0 spiro atoms. The van der Waals surface area contributed by atoms with Crippen molar-refractivity contribution in [1.82, 2.24) is 0 Å². The molecule has 3 heteroatoms. The Morgan fingerprint density at radius 3 is 1.87 bits per heavy atom. The van der Waals surface area contributed by atoms with Crippen LogP contribution in [0.1, 0.15) is 73.6 Å². The maximum atomic E-state index is 2.82. The predicted molar refractivity (Wildman–Crippen MR) is 264 cm³/mol. The molecule has 9 aromatic carbocycles. The van der Waals surface area contributed by atoms with Crippen LogP contribution in [0.2, 0.25) is 0 Å². The van der Waals surface area contributed by atoms with Gasteiger partial charge in [0.15, 0.2) is 0 Å².